The Morgan fingerprint density at radius 1 is 1.00 bits per heavy atom. The molecule has 2 heterocycles. The normalized spacial score (nSPS) is 14.2. The zero-order valence-electron chi connectivity index (χ0n) is 17.8. The Labute approximate surface area is 180 Å². The Balaban J connectivity index is 1.60. The van der Waals surface area contributed by atoms with Gasteiger partial charge in [-0.05, 0) is 50.1 Å². The number of hydrogen-bond donors (Lipinski definition) is 1. The summed E-state index contributed by atoms with van der Waals surface area (Å²) < 4.78 is 5.67. The van der Waals surface area contributed by atoms with E-state index < -0.39 is 23.8 Å². The maximum absolute atomic E-state index is 13.2. The molecule has 0 spiro atoms. The number of benzene rings is 2. The van der Waals surface area contributed by atoms with Crippen LogP contribution in [0.5, 0.6) is 0 Å². The van der Waals surface area contributed by atoms with E-state index in [4.69, 9.17) is 4.42 Å². The summed E-state index contributed by atoms with van der Waals surface area (Å²) in [4.78, 5) is 44.4. The summed E-state index contributed by atoms with van der Waals surface area (Å²) in [6, 6.07) is 12.8. The second kappa shape index (κ2) is 7.83. The molecule has 1 aliphatic heterocycles. The molecule has 0 fully saturated rings. The summed E-state index contributed by atoms with van der Waals surface area (Å²) in [6.07, 6.45) is 0. The van der Waals surface area contributed by atoms with E-state index >= 15 is 0 Å². The van der Waals surface area contributed by atoms with Gasteiger partial charge in [-0.15, -0.1) is 0 Å². The first-order valence-corrected chi connectivity index (χ1v) is 10.1. The predicted molar refractivity (Wildman–Crippen MR) is 116 cm³/mol. The van der Waals surface area contributed by atoms with Gasteiger partial charge in [-0.3, -0.25) is 19.3 Å². The number of hydrogen-bond acceptors (Lipinski definition) is 5. The largest absolute Gasteiger partial charge is 0.441 e. The van der Waals surface area contributed by atoms with Gasteiger partial charge in [-0.2, -0.15) is 0 Å². The van der Waals surface area contributed by atoms with Crippen LogP contribution in [0.15, 0.2) is 52.9 Å². The Hall–Kier alpha value is -3.74. The molecule has 1 N–H and O–H groups in total. The summed E-state index contributed by atoms with van der Waals surface area (Å²) in [5.74, 6) is -0.409. The number of aromatic nitrogens is 1. The van der Waals surface area contributed by atoms with E-state index in [1.54, 1.807) is 42.5 Å². The van der Waals surface area contributed by atoms with E-state index in [0.29, 0.717) is 22.7 Å². The Morgan fingerprint density at radius 2 is 1.65 bits per heavy atom. The predicted octanol–water partition coefficient (Wildman–Crippen LogP) is 4.22. The van der Waals surface area contributed by atoms with Crippen molar-refractivity contribution in [3.8, 4) is 11.5 Å². The molecule has 0 saturated carbocycles. The average molecular weight is 417 g/mol. The Bertz CT molecular complexity index is 1140. The van der Waals surface area contributed by atoms with Gasteiger partial charge in [0, 0.05) is 11.3 Å². The van der Waals surface area contributed by atoms with Crippen LogP contribution < -0.4 is 5.32 Å². The van der Waals surface area contributed by atoms with Crippen LogP contribution in [0.4, 0.5) is 5.69 Å². The second-order valence-corrected chi connectivity index (χ2v) is 7.95. The molecule has 1 unspecified atom stereocenters. The molecule has 31 heavy (non-hydrogen) atoms. The molecule has 1 atom stereocenters. The number of fused-ring (bicyclic) bond motifs is 1. The SMILES string of the molecule is Cc1nc(-c2cccc(NC(=O)C(C(C)C)N3C(=O)c4ccccc4C3=O)c2)oc1C. The summed E-state index contributed by atoms with van der Waals surface area (Å²) in [7, 11) is 0. The highest BCUT2D eigenvalue weighted by molar-refractivity contribution is 6.23. The van der Waals surface area contributed by atoms with Crippen LogP contribution in [0.25, 0.3) is 11.5 Å². The third-order valence-corrected chi connectivity index (χ3v) is 5.41. The van der Waals surface area contributed by atoms with Crippen molar-refractivity contribution in [1.82, 2.24) is 9.88 Å². The summed E-state index contributed by atoms with van der Waals surface area (Å²) >= 11 is 0. The van der Waals surface area contributed by atoms with E-state index in [0.717, 1.165) is 21.9 Å². The third-order valence-electron chi connectivity index (χ3n) is 5.41. The molecule has 0 saturated heterocycles. The first kappa shape index (κ1) is 20.5. The molecular weight excluding hydrogens is 394 g/mol. The van der Waals surface area contributed by atoms with Crippen molar-refractivity contribution in [3.05, 3.63) is 71.1 Å². The highest BCUT2D eigenvalue weighted by atomic mass is 16.4. The average Bonchev–Trinajstić information content (AvgIpc) is 3.20. The second-order valence-electron chi connectivity index (χ2n) is 7.95. The number of anilines is 1. The minimum absolute atomic E-state index is 0.276. The summed E-state index contributed by atoms with van der Waals surface area (Å²) in [6.45, 7) is 7.32. The molecule has 2 aromatic carbocycles. The zero-order chi connectivity index (χ0) is 22.3. The van der Waals surface area contributed by atoms with Gasteiger partial charge in [0.05, 0.1) is 16.8 Å². The molecule has 3 amide bonds. The fourth-order valence-electron chi connectivity index (χ4n) is 3.72. The van der Waals surface area contributed by atoms with Crippen LogP contribution in [0.2, 0.25) is 0 Å². The molecule has 0 bridgehead atoms. The van der Waals surface area contributed by atoms with Gasteiger partial charge in [-0.25, -0.2) is 4.98 Å². The molecule has 7 heteroatoms. The van der Waals surface area contributed by atoms with Gasteiger partial charge >= 0.3 is 0 Å². The van der Waals surface area contributed by atoms with Crippen molar-refractivity contribution >= 4 is 23.4 Å². The van der Waals surface area contributed by atoms with Crippen LogP contribution in [0.3, 0.4) is 0 Å². The molecule has 7 nitrogen and oxygen atoms in total. The van der Waals surface area contributed by atoms with E-state index in [1.807, 2.05) is 33.8 Å². The number of rotatable bonds is 5. The van der Waals surface area contributed by atoms with E-state index in [-0.39, 0.29) is 5.92 Å². The highest BCUT2D eigenvalue weighted by Gasteiger charge is 2.43. The van der Waals surface area contributed by atoms with Gasteiger partial charge in [0.2, 0.25) is 11.8 Å². The number of nitrogens with zero attached hydrogens (tertiary/aromatic N) is 2. The highest BCUT2D eigenvalue weighted by Crippen LogP contribution is 2.29. The lowest BCUT2D eigenvalue weighted by Gasteiger charge is -2.28. The van der Waals surface area contributed by atoms with Crippen molar-refractivity contribution in [2.75, 3.05) is 5.32 Å². The summed E-state index contributed by atoms with van der Waals surface area (Å²) in [5.41, 5.74) is 2.69. The molecule has 4 rings (SSSR count). The lowest BCUT2D eigenvalue weighted by Crippen LogP contribution is -2.50. The monoisotopic (exact) mass is 417 g/mol. The third kappa shape index (κ3) is 3.63. The molecule has 158 valence electrons. The van der Waals surface area contributed by atoms with Crippen molar-refractivity contribution in [1.29, 1.82) is 0 Å². The van der Waals surface area contributed by atoms with E-state index in [9.17, 15) is 14.4 Å². The minimum atomic E-state index is -0.942. The van der Waals surface area contributed by atoms with Crippen LogP contribution in [0, 0.1) is 19.8 Å². The van der Waals surface area contributed by atoms with Crippen molar-refractivity contribution in [2.24, 2.45) is 5.92 Å². The lowest BCUT2D eigenvalue weighted by atomic mass is 10.0. The number of amides is 3. The van der Waals surface area contributed by atoms with Crippen LogP contribution in [-0.2, 0) is 4.79 Å². The van der Waals surface area contributed by atoms with E-state index in [1.165, 1.54) is 0 Å². The lowest BCUT2D eigenvalue weighted by molar-refractivity contribution is -0.121. The number of aryl methyl sites for hydroxylation is 2. The fraction of sp³-hybridized carbons (Fsp3) is 0.250. The zero-order valence-corrected chi connectivity index (χ0v) is 17.8. The Kier molecular flexibility index (Phi) is 5.19. The van der Waals surface area contributed by atoms with Crippen LogP contribution in [0.1, 0.15) is 46.0 Å². The molecule has 3 aromatic rings. The topological polar surface area (TPSA) is 92.5 Å². The van der Waals surface area contributed by atoms with Crippen molar-refractivity contribution < 1.29 is 18.8 Å². The number of nitrogens with one attached hydrogen (secondary N) is 1. The fourth-order valence-corrected chi connectivity index (χ4v) is 3.72. The van der Waals surface area contributed by atoms with Crippen molar-refractivity contribution in [2.45, 2.75) is 33.7 Å². The quantitative estimate of drug-likeness (QED) is 0.628. The first-order valence-electron chi connectivity index (χ1n) is 10.1. The molecule has 0 aliphatic carbocycles. The standard InChI is InChI=1S/C24H23N3O4/c1-13(2)20(27-23(29)18-10-5-6-11-19(18)24(27)30)21(28)26-17-9-7-8-16(12-17)22-25-14(3)15(4)31-22/h5-13,20H,1-4H3,(H,26,28). The maximum atomic E-state index is 13.2. The minimum Gasteiger partial charge on any atom is -0.441 e. The number of carbonyl (C=O) groups excluding carboxylic acids is 3. The van der Waals surface area contributed by atoms with E-state index in [2.05, 4.69) is 10.3 Å². The van der Waals surface area contributed by atoms with Crippen LogP contribution >= 0.6 is 0 Å². The summed E-state index contributed by atoms with van der Waals surface area (Å²) in [5, 5.41) is 2.85. The molecule has 1 aliphatic rings. The number of imide groups is 1. The number of oxazole rings is 1. The van der Waals surface area contributed by atoms with Gasteiger partial charge < -0.3 is 9.73 Å². The van der Waals surface area contributed by atoms with Crippen molar-refractivity contribution in [3.63, 3.8) is 0 Å². The molecule has 0 radical (unpaired) electrons. The van der Waals surface area contributed by atoms with Gasteiger partial charge in [0.25, 0.3) is 11.8 Å². The van der Waals surface area contributed by atoms with Crippen LogP contribution in [-0.4, -0.2) is 33.6 Å². The number of carbonyl (C=O) groups is 3. The first-order chi connectivity index (χ1) is 14.8. The maximum Gasteiger partial charge on any atom is 0.262 e. The smallest absolute Gasteiger partial charge is 0.262 e. The molecule has 1 aromatic heterocycles. The van der Waals surface area contributed by atoms with Gasteiger partial charge in [-0.1, -0.05) is 32.0 Å². The Morgan fingerprint density at radius 3 is 2.19 bits per heavy atom. The molecular formula is C24H23N3O4. The van der Waals surface area contributed by atoms with Gasteiger partial charge in [0.1, 0.15) is 11.8 Å². The van der Waals surface area contributed by atoms with Gasteiger partial charge in [0.15, 0.2) is 0 Å².